The number of hydrogen-bond donors (Lipinski definition) is 1. The molecule has 2 rings (SSSR count). The predicted molar refractivity (Wildman–Crippen MR) is 76.0 cm³/mol. The molecule has 0 aliphatic carbocycles. The van der Waals surface area contributed by atoms with Gasteiger partial charge in [0.15, 0.2) is 0 Å². The van der Waals surface area contributed by atoms with Gasteiger partial charge in [-0.3, -0.25) is 9.79 Å². The van der Waals surface area contributed by atoms with Crippen molar-refractivity contribution in [3.63, 3.8) is 0 Å². The second-order valence-electron chi connectivity index (χ2n) is 4.33. The van der Waals surface area contributed by atoms with Gasteiger partial charge < -0.3 is 5.11 Å². The summed E-state index contributed by atoms with van der Waals surface area (Å²) in [6, 6.07) is 14.8. The Balaban J connectivity index is 2.09. The summed E-state index contributed by atoms with van der Waals surface area (Å²) < 4.78 is 13.0. The van der Waals surface area contributed by atoms with Crippen molar-refractivity contribution in [1.29, 1.82) is 0 Å². The highest BCUT2D eigenvalue weighted by Crippen LogP contribution is 2.20. The van der Waals surface area contributed by atoms with Crippen molar-refractivity contribution < 1.29 is 14.3 Å². The van der Waals surface area contributed by atoms with Gasteiger partial charge in [-0.05, 0) is 23.8 Å². The van der Waals surface area contributed by atoms with E-state index in [0.717, 1.165) is 5.56 Å². The van der Waals surface area contributed by atoms with Crippen LogP contribution in [0.25, 0.3) is 0 Å². The molecular formula is C16H14FNO2. The third kappa shape index (κ3) is 3.75. The van der Waals surface area contributed by atoms with Gasteiger partial charge in [0, 0.05) is 12.6 Å². The molecular weight excluding hydrogens is 257 g/mol. The standard InChI is InChI=1S/C16H14FNO2/c17-13-7-4-8-14(11-13)18-10-9-15(16(19)20)12-5-2-1-3-6-12/h1-8,10-11,15H,9H2,(H,19,20). The fraction of sp³-hybridized carbons (Fsp3) is 0.125. The van der Waals surface area contributed by atoms with Gasteiger partial charge in [-0.15, -0.1) is 0 Å². The molecule has 0 saturated carbocycles. The number of carboxylic acid groups (broad SMARTS) is 1. The number of rotatable bonds is 5. The number of carboxylic acids is 1. The second-order valence-corrected chi connectivity index (χ2v) is 4.33. The molecule has 0 spiro atoms. The van der Waals surface area contributed by atoms with E-state index in [1.165, 1.54) is 18.3 Å². The minimum Gasteiger partial charge on any atom is -0.481 e. The van der Waals surface area contributed by atoms with Crippen LogP contribution in [0, 0.1) is 5.82 Å². The fourth-order valence-electron chi connectivity index (χ4n) is 1.88. The molecule has 0 heterocycles. The van der Waals surface area contributed by atoms with E-state index in [2.05, 4.69) is 4.99 Å². The summed E-state index contributed by atoms with van der Waals surface area (Å²) in [4.78, 5) is 15.4. The number of nitrogens with zero attached hydrogens (tertiary/aromatic N) is 1. The van der Waals surface area contributed by atoms with Crippen molar-refractivity contribution in [1.82, 2.24) is 0 Å². The Morgan fingerprint density at radius 2 is 1.95 bits per heavy atom. The lowest BCUT2D eigenvalue weighted by atomic mass is 9.96. The van der Waals surface area contributed by atoms with Gasteiger partial charge in [-0.2, -0.15) is 0 Å². The van der Waals surface area contributed by atoms with Gasteiger partial charge in [-0.1, -0.05) is 36.4 Å². The van der Waals surface area contributed by atoms with E-state index >= 15 is 0 Å². The molecule has 0 radical (unpaired) electrons. The van der Waals surface area contributed by atoms with Gasteiger partial charge in [0.2, 0.25) is 0 Å². The van der Waals surface area contributed by atoms with Crippen molar-refractivity contribution in [2.45, 2.75) is 12.3 Å². The van der Waals surface area contributed by atoms with E-state index in [1.54, 1.807) is 36.4 Å². The Kier molecular flexibility index (Phi) is 4.60. The van der Waals surface area contributed by atoms with Crippen molar-refractivity contribution in [3.05, 3.63) is 66.0 Å². The van der Waals surface area contributed by atoms with Crippen molar-refractivity contribution in [2.75, 3.05) is 0 Å². The summed E-state index contributed by atoms with van der Waals surface area (Å²) >= 11 is 0. The number of hydrogen-bond acceptors (Lipinski definition) is 2. The Morgan fingerprint density at radius 3 is 2.60 bits per heavy atom. The first-order valence-electron chi connectivity index (χ1n) is 6.22. The van der Waals surface area contributed by atoms with Crippen LogP contribution < -0.4 is 0 Å². The van der Waals surface area contributed by atoms with E-state index in [0.29, 0.717) is 5.69 Å². The second kappa shape index (κ2) is 6.61. The molecule has 0 aliphatic heterocycles. The maximum atomic E-state index is 13.0. The summed E-state index contributed by atoms with van der Waals surface area (Å²) in [5, 5.41) is 9.25. The fourth-order valence-corrected chi connectivity index (χ4v) is 1.88. The van der Waals surface area contributed by atoms with Crippen molar-refractivity contribution in [3.8, 4) is 0 Å². The van der Waals surface area contributed by atoms with Crippen LogP contribution in [-0.4, -0.2) is 17.3 Å². The van der Waals surface area contributed by atoms with Gasteiger partial charge in [0.05, 0.1) is 11.6 Å². The molecule has 2 aromatic rings. The minimum absolute atomic E-state index is 0.260. The Hall–Kier alpha value is -2.49. The van der Waals surface area contributed by atoms with Crippen LogP contribution in [0.3, 0.4) is 0 Å². The summed E-state index contributed by atoms with van der Waals surface area (Å²) in [6.45, 7) is 0. The Bertz CT molecular complexity index is 611. The molecule has 0 bridgehead atoms. The lowest BCUT2D eigenvalue weighted by Crippen LogP contribution is -2.11. The van der Waals surface area contributed by atoms with Crippen LogP contribution in [0.15, 0.2) is 59.6 Å². The molecule has 0 aliphatic rings. The average Bonchev–Trinajstić information content (AvgIpc) is 2.44. The van der Waals surface area contributed by atoms with Crippen LogP contribution >= 0.6 is 0 Å². The number of benzene rings is 2. The Labute approximate surface area is 116 Å². The monoisotopic (exact) mass is 271 g/mol. The summed E-state index contributed by atoms with van der Waals surface area (Å²) in [7, 11) is 0. The topological polar surface area (TPSA) is 49.7 Å². The molecule has 1 atom stereocenters. The van der Waals surface area contributed by atoms with Gasteiger partial charge in [-0.25, -0.2) is 4.39 Å². The molecule has 1 N–H and O–H groups in total. The molecule has 0 saturated heterocycles. The van der Waals surface area contributed by atoms with E-state index in [1.807, 2.05) is 6.07 Å². The molecule has 0 fully saturated rings. The van der Waals surface area contributed by atoms with Gasteiger partial charge in [0.25, 0.3) is 0 Å². The van der Waals surface area contributed by atoms with Crippen LogP contribution in [0.5, 0.6) is 0 Å². The smallest absolute Gasteiger partial charge is 0.311 e. The lowest BCUT2D eigenvalue weighted by molar-refractivity contribution is -0.138. The SMILES string of the molecule is O=C(O)C(CC=Nc1cccc(F)c1)c1ccccc1. The van der Waals surface area contributed by atoms with Gasteiger partial charge >= 0.3 is 5.97 Å². The zero-order valence-electron chi connectivity index (χ0n) is 10.7. The molecule has 20 heavy (non-hydrogen) atoms. The largest absolute Gasteiger partial charge is 0.481 e. The molecule has 3 nitrogen and oxygen atoms in total. The number of aliphatic imine (C=N–C) groups is 1. The quantitative estimate of drug-likeness (QED) is 0.841. The summed E-state index contributed by atoms with van der Waals surface area (Å²) in [5.74, 6) is -1.91. The third-order valence-corrected chi connectivity index (χ3v) is 2.89. The maximum Gasteiger partial charge on any atom is 0.311 e. The minimum atomic E-state index is -0.901. The Morgan fingerprint density at radius 1 is 1.20 bits per heavy atom. The first kappa shape index (κ1) is 13.9. The first-order valence-corrected chi connectivity index (χ1v) is 6.22. The molecule has 4 heteroatoms. The molecule has 102 valence electrons. The molecule has 0 amide bonds. The van der Waals surface area contributed by atoms with Crippen molar-refractivity contribution in [2.24, 2.45) is 4.99 Å². The average molecular weight is 271 g/mol. The summed E-state index contributed by atoms with van der Waals surface area (Å²) in [6.07, 6.45) is 1.77. The maximum absolute atomic E-state index is 13.0. The van der Waals surface area contributed by atoms with Crippen molar-refractivity contribution >= 4 is 17.9 Å². The van der Waals surface area contributed by atoms with E-state index in [4.69, 9.17) is 0 Å². The van der Waals surface area contributed by atoms with Crippen LogP contribution in [0.4, 0.5) is 10.1 Å². The van der Waals surface area contributed by atoms with Crippen LogP contribution in [-0.2, 0) is 4.79 Å². The highest BCUT2D eigenvalue weighted by Gasteiger charge is 2.17. The zero-order valence-corrected chi connectivity index (χ0v) is 10.7. The predicted octanol–water partition coefficient (Wildman–Crippen LogP) is 3.79. The van der Waals surface area contributed by atoms with Crippen LogP contribution in [0.1, 0.15) is 17.9 Å². The highest BCUT2D eigenvalue weighted by atomic mass is 19.1. The molecule has 2 aromatic carbocycles. The van der Waals surface area contributed by atoms with E-state index < -0.39 is 11.9 Å². The first-order chi connectivity index (χ1) is 9.66. The summed E-state index contributed by atoms with van der Waals surface area (Å²) in [5.41, 5.74) is 1.20. The number of halogens is 1. The highest BCUT2D eigenvalue weighted by molar-refractivity contribution is 5.80. The number of aliphatic carboxylic acids is 1. The normalized spacial score (nSPS) is 12.4. The lowest BCUT2D eigenvalue weighted by Gasteiger charge is -2.09. The third-order valence-electron chi connectivity index (χ3n) is 2.89. The van der Waals surface area contributed by atoms with E-state index in [9.17, 15) is 14.3 Å². The zero-order chi connectivity index (χ0) is 14.4. The van der Waals surface area contributed by atoms with Crippen LogP contribution in [0.2, 0.25) is 0 Å². The number of carbonyl (C=O) groups is 1. The molecule has 0 aromatic heterocycles. The van der Waals surface area contributed by atoms with E-state index in [-0.39, 0.29) is 12.2 Å². The molecule has 1 unspecified atom stereocenters. The van der Waals surface area contributed by atoms with Gasteiger partial charge in [0.1, 0.15) is 5.82 Å².